The molecule has 11 heteroatoms. The Kier molecular flexibility index (Phi) is 9.24. The van der Waals surface area contributed by atoms with Gasteiger partial charge in [0.25, 0.3) is 0 Å². The molecule has 0 radical (unpaired) electrons. The van der Waals surface area contributed by atoms with E-state index in [1.165, 1.54) is 42.7 Å². The molecular weight excluding hydrogens is 569 g/mol. The first-order chi connectivity index (χ1) is 20.6. The van der Waals surface area contributed by atoms with Gasteiger partial charge in [-0.2, -0.15) is 13.2 Å². The van der Waals surface area contributed by atoms with E-state index < -0.39 is 17.5 Å². The van der Waals surface area contributed by atoms with Crippen LogP contribution < -0.4 is 28.4 Å². The molecule has 0 bridgehead atoms. The summed E-state index contributed by atoms with van der Waals surface area (Å²) in [6.45, 7) is 1.49. The summed E-state index contributed by atoms with van der Waals surface area (Å²) in [5.74, 6) is 1.39. The largest absolute Gasteiger partial charge is 0.493 e. The van der Waals surface area contributed by atoms with E-state index in [9.17, 15) is 18.0 Å². The number of fused-ring (bicyclic) bond motifs is 1. The molecule has 4 rings (SSSR count). The molecule has 0 saturated carbocycles. The van der Waals surface area contributed by atoms with Crippen LogP contribution in [0.3, 0.4) is 0 Å². The summed E-state index contributed by atoms with van der Waals surface area (Å²) in [4.78, 5) is 14.2. The van der Waals surface area contributed by atoms with Crippen LogP contribution in [0, 0.1) is 6.92 Å². The number of carbonyl (C=O) groups is 1. The fourth-order valence-electron chi connectivity index (χ4n) is 5.05. The van der Waals surface area contributed by atoms with Crippen LogP contribution in [0.4, 0.5) is 13.2 Å². The summed E-state index contributed by atoms with van der Waals surface area (Å²) < 4.78 is 79.1. The van der Waals surface area contributed by atoms with Crippen LogP contribution in [0.1, 0.15) is 27.0 Å². The predicted molar refractivity (Wildman–Crippen MR) is 154 cm³/mol. The van der Waals surface area contributed by atoms with Crippen LogP contribution in [0.5, 0.6) is 34.5 Å². The SMILES string of the molecule is COCOc1c(C(=O)c2ccc(C(F)(F)F)cc2)c(C)c(-c2ccc(OC)c(OC)c2)c2c(OC)c(OC)c(OC)cc12. The monoisotopic (exact) mass is 600 g/mol. The molecule has 0 saturated heterocycles. The summed E-state index contributed by atoms with van der Waals surface area (Å²) in [6.07, 6.45) is -4.56. The van der Waals surface area contributed by atoms with Crippen LogP contribution in [-0.4, -0.2) is 55.2 Å². The summed E-state index contributed by atoms with van der Waals surface area (Å²) in [7, 11) is 8.84. The maximum Gasteiger partial charge on any atom is 0.416 e. The van der Waals surface area contributed by atoms with Gasteiger partial charge in [0.1, 0.15) is 5.75 Å². The van der Waals surface area contributed by atoms with E-state index in [-0.39, 0.29) is 23.7 Å². The van der Waals surface area contributed by atoms with Crippen molar-refractivity contribution in [3.05, 3.63) is 70.8 Å². The second-order valence-corrected chi connectivity index (χ2v) is 9.30. The topological polar surface area (TPSA) is 81.7 Å². The number of hydrogen-bond donors (Lipinski definition) is 0. The van der Waals surface area contributed by atoms with Gasteiger partial charge in [-0.1, -0.05) is 18.2 Å². The third kappa shape index (κ3) is 5.72. The molecule has 8 nitrogen and oxygen atoms in total. The number of rotatable bonds is 11. The maximum atomic E-state index is 14.2. The van der Waals surface area contributed by atoms with E-state index >= 15 is 0 Å². The highest BCUT2D eigenvalue weighted by atomic mass is 19.4. The zero-order valence-electron chi connectivity index (χ0n) is 24.7. The number of hydrogen-bond acceptors (Lipinski definition) is 8. The molecule has 0 aromatic heterocycles. The molecular formula is C32H31F3O8. The Bertz CT molecular complexity index is 1650. The third-order valence-electron chi connectivity index (χ3n) is 7.00. The molecule has 0 spiro atoms. The minimum atomic E-state index is -4.56. The first kappa shape index (κ1) is 31.3. The van der Waals surface area contributed by atoms with Crippen LogP contribution in [0.25, 0.3) is 21.9 Å². The molecule has 0 aliphatic carbocycles. The molecule has 0 N–H and O–H groups in total. The first-order valence-corrected chi connectivity index (χ1v) is 12.9. The smallest absolute Gasteiger partial charge is 0.416 e. The highest BCUT2D eigenvalue weighted by Gasteiger charge is 2.32. The Hall–Kier alpha value is -4.64. The lowest BCUT2D eigenvalue weighted by molar-refractivity contribution is -0.137. The van der Waals surface area contributed by atoms with Gasteiger partial charge < -0.3 is 33.2 Å². The first-order valence-electron chi connectivity index (χ1n) is 12.9. The Morgan fingerprint density at radius 3 is 1.88 bits per heavy atom. The van der Waals surface area contributed by atoms with Gasteiger partial charge in [-0.05, 0) is 53.9 Å². The molecule has 0 unspecified atom stereocenters. The molecule has 0 aliphatic rings. The predicted octanol–water partition coefficient (Wildman–Crippen LogP) is 7.09. The van der Waals surface area contributed by atoms with Crippen molar-refractivity contribution in [2.24, 2.45) is 0 Å². The van der Waals surface area contributed by atoms with Gasteiger partial charge >= 0.3 is 6.18 Å². The van der Waals surface area contributed by atoms with Crippen molar-refractivity contribution in [1.29, 1.82) is 0 Å². The molecule has 4 aromatic rings. The van der Waals surface area contributed by atoms with Crippen molar-refractivity contribution in [3.63, 3.8) is 0 Å². The molecule has 228 valence electrons. The number of carbonyl (C=O) groups excluding carboxylic acids is 1. The van der Waals surface area contributed by atoms with Gasteiger partial charge in [-0.15, -0.1) is 0 Å². The van der Waals surface area contributed by atoms with Crippen molar-refractivity contribution in [1.82, 2.24) is 0 Å². The van der Waals surface area contributed by atoms with Gasteiger partial charge in [0.15, 0.2) is 35.6 Å². The fourth-order valence-corrected chi connectivity index (χ4v) is 5.05. The molecule has 0 atom stereocenters. The molecule has 4 aromatic carbocycles. The summed E-state index contributed by atoms with van der Waals surface area (Å²) >= 11 is 0. The van der Waals surface area contributed by atoms with Crippen molar-refractivity contribution >= 4 is 16.6 Å². The van der Waals surface area contributed by atoms with Crippen LogP contribution >= 0.6 is 0 Å². The van der Waals surface area contributed by atoms with Gasteiger partial charge in [0.05, 0.1) is 46.7 Å². The summed E-state index contributed by atoms with van der Waals surface area (Å²) in [5.41, 5.74) is 0.926. The number of ketones is 1. The third-order valence-corrected chi connectivity index (χ3v) is 7.00. The normalized spacial score (nSPS) is 11.3. The Morgan fingerprint density at radius 1 is 0.721 bits per heavy atom. The Labute approximate surface area is 246 Å². The average Bonchev–Trinajstić information content (AvgIpc) is 3.01. The van der Waals surface area contributed by atoms with E-state index in [1.54, 1.807) is 31.2 Å². The van der Waals surface area contributed by atoms with Crippen molar-refractivity contribution in [2.45, 2.75) is 13.1 Å². The standard InChI is InChI=1S/C32H31F3O8/c1-17-25(19-10-13-22(38-3)23(14-19)39-4)27-21(15-24(40-5)30(41-6)31(27)42-7)29(43-16-37-2)26(17)28(36)18-8-11-20(12-9-18)32(33,34)35/h8-15H,16H2,1-7H3. The van der Waals surface area contributed by atoms with E-state index in [0.717, 1.165) is 24.3 Å². The molecule has 0 heterocycles. The van der Waals surface area contributed by atoms with Crippen molar-refractivity contribution in [2.75, 3.05) is 49.5 Å². The highest BCUT2D eigenvalue weighted by molar-refractivity contribution is 6.19. The lowest BCUT2D eigenvalue weighted by Gasteiger charge is -2.24. The maximum absolute atomic E-state index is 14.2. The zero-order chi connectivity index (χ0) is 31.5. The zero-order valence-corrected chi connectivity index (χ0v) is 24.7. The lowest BCUT2D eigenvalue weighted by Crippen LogP contribution is -2.12. The van der Waals surface area contributed by atoms with Gasteiger partial charge in [-0.3, -0.25) is 4.79 Å². The number of halogens is 3. The quantitative estimate of drug-likeness (QED) is 0.133. The molecule has 43 heavy (non-hydrogen) atoms. The fraction of sp³-hybridized carbons (Fsp3) is 0.281. The van der Waals surface area contributed by atoms with Crippen LogP contribution in [0.15, 0.2) is 48.5 Å². The summed E-state index contributed by atoms with van der Waals surface area (Å²) in [5, 5.41) is 0.942. The van der Waals surface area contributed by atoms with Gasteiger partial charge in [0.2, 0.25) is 5.75 Å². The minimum absolute atomic E-state index is 0.0309. The Morgan fingerprint density at radius 2 is 1.35 bits per heavy atom. The summed E-state index contributed by atoms with van der Waals surface area (Å²) in [6, 6.07) is 10.9. The second-order valence-electron chi connectivity index (χ2n) is 9.30. The van der Waals surface area contributed by atoms with Gasteiger partial charge in [-0.25, -0.2) is 0 Å². The van der Waals surface area contributed by atoms with Crippen LogP contribution in [0.2, 0.25) is 0 Å². The molecule has 0 amide bonds. The minimum Gasteiger partial charge on any atom is -0.493 e. The van der Waals surface area contributed by atoms with E-state index in [4.69, 9.17) is 33.2 Å². The van der Waals surface area contributed by atoms with Crippen molar-refractivity contribution < 1.29 is 51.1 Å². The second kappa shape index (κ2) is 12.7. The highest BCUT2D eigenvalue weighted by Crippen LogP contribution is 2.53. The Balaban J connectivity index is 2.18. The number of alkyl halides is 3. The van der Waals surface area contributed by atoms with Crippen LogP contribution in [-0.2, 0) is 10.9 Å². The molecule has 0 fully saturated rings. The number of methoxy groups -OCH3 is 6. The van der Waals surface area contributed by atoms with Crippen molar-refractivity contribution in [3.8, 4) is 45.6 Å². The van der Waals surface area contributed by atoms with E-state index in [2.05, 4.69) is 0 Å². The number of ether oxygens (including phenoxy) is 7. The van der Waals surface area contributed by atoms with Gasteiger partial charge in [0, 0.05) is 23.4 Å². The lowest BCUT2D eigenvalue weighted by atomic mass is 9.85. The number of benzene rings is 4. The average molecular weight is 601 g/mol. The van der Waals surface area contributed by atoms with E-state index in [1.807, 2.05) is 0 Å². The van der Waals surface area contributed by atoms with E-state index in [0.29, 0.717) is 56.2 Å². The molecule has 0 aliphatic heterocycles.